The Morgan fingerprint density at radius 2 is 2.10 bits per heavy atom. The lowest BCUT2D eigenvalue weighted by molar-refractivity contribution is -0.385. The summed E-state index contributed by atoms with van der Waals surface area (Å²) in [6, 6.07) is 6.92. The molecule has 0 saturated carbocycles. The number of aryl methyl sites for hydroxylation is 1. The van der Waals surface area contributed by atoms with Gasteiger partial charge in [-0.1, -0.05) is 0 Å². The molecule has 1 saturated heterocycles. The van der Waals surface area contributed by atoms with Crippen LogP contribution >= 0.6 is 0 Å². The highest BCUT2D eigenvalue weighted by Gasteiger charge is 2.35. The molecule has 1 fully saturated rings. The van der Waals surface area contributed by atoms with Crippen LogP contribution in [0.2, 0.25) is 0 Å². The van der Waals surface area contributed by atoms with Crippen molar-refractivity contribution in [3.8, 4) is 5.88 Å². The molecule has 3 rings (SSSR count). The molecule has 1 unspecified atom stereocenters. The van der Waals surface area contributed by atoms with Gasteiger partial charge in [0, 0.05) is 36.9 Å². The third kappa shape index (κ3) is 5.34. The van der Waals surface area contributed by atoms with Crippen molar-refractivity contribution in [1.82, 2.24) is 9.88 Å². The molecular weight excluding hydrogens is 404 g/mol. The van der Waals surface area contributed by atoms with Crippen LogP contribution < -0.4 is 10.1 Å². The molecule has 0 radical (unpaired) electrons. The lowest BCUT2D eigenvalue weighted by atomic mass is 10.1. The molecule has 1 N–H and O–H groups in total. The maximum absolute atomic E-state index is 13.0. The number of benzene rings is 1. The van der Waals surface area contributed by atoms with Crippen LogP contribution in [0.15, 0.2) is 36.5 Å². The summed E-state index contributed by atoms with van der Waals surface area (Å²) in [5.74, 6) is -0.212. The standard InChI is InChI=1S/C21H24N4O6/c1-14-12-15(5-7-17(14)25(28)29)21(27)24-9-3-4-18(24)20(26)23-16-6-8-19(22-13-16)31-11-10-30-2/h5-8,12-13,18H,3-4,9-11H2,1-2H3,(H,23,26). The minimum absolute atomic E-state index is 0.0468. The highest BCUT2D eigenvalue weighted by Crippen LogP contribution is 2.25. The van der Waals surface area contributed by atoms with Gasteiger partial charge in [0.2, 0.25) is 11.8 Å². The molecule has 0 bridgehead atoms. The number of nitrogens with one attached hydrogen (secondary N) is 1. The van der Waals surface area contributed by atoms with E-state index in [2.05, 4.69) is 10.3 Å². The summed E-state index contributed by atoms with van der Waals surface area (Å²) in [5, 5.41) is 13.8. The number of aromatic nitrogens is 1. The lowest BCUT2D eigenvalue weighted by Crippen LogP contribution is -2.43. The van der Waals surface area contributed by atoms with E-state index in [0.29, 0.717) is 55.3 Å². The number of amides is 2. The number of nitro groups is 1. The predicted octanol–water partition coefficient (Wildman–Crippen LogP) is 2.57. The van der Waals surface area contributed by atoms with Gasteiger partial charge in [0.25, 0.3) is 11.6 Å². The fourth-order valence-electron chi connectivity index (χ4n) is 3.44. The number of hydrogen-bond donors (Lipinski definition) is 1. The molecular formula is C21H24N4O6. The van der Waals surface area contributed by atoms with E-state index in [1.54, 1.807) is 26.2 Å². The summed E-state index contributed by atoms with van der Waals surface area (Å²) in [6.07, 6.45) is 2.72. The van der Waals surface area contributed by atoms with Crippen molar-refractivity contribution in [3.63, 3.8) is 0 Å². The van der Waals surface area contributed by atoms with Crippen LogP contribution in [0.3, 0.4) is 0 Å². The fourth-order valence-corrected chi connectivity index (χ4v) is 3.44. The number of anilines is 1. The molecule has 1 aliphatic heterocycles. The zero-order valence-corrected chi connectivity index (χ0v) is 17.4. The van der Waals surface area contributed by atoms with Crippen LogP contribution in [0.4, 0.5) is 11.4 Å². The molecule has 10 nitrogen and oxygen atoms in total. The maximum Gasteiger partial charge on any atom is 0.272 e. The molecule has 31 heavy (non-hydrogen) atoms. The first kappa shape index (κ1) is 22.2. The second kappa shape index (κ2) is 9.98. The van der Waals surface area contributed by atoms with Crippen molar-refractivity contribution < 1.29 is 24.0 Å². The highest BCUT2D eigenvalue weighted by molar-refractivity contribution is 6.01. The Labute approximate surface area is 179 Å². The Hall–Kier alpha value is -3.53. The average molecular weight is 428 g/mol. The topological polar surface area (TPSA) is 124 Å². The number of nitrogens with zero attached hydrogens (tertiary/aromatic N) is 3. The van der Waals surface area contributed by atoms with E-state index in [1.807, 2.05) is 0 Å². The van der Waals surface area contributed by atoms with Gasteiger partial charge in [-0.2, -0.15) is 0 Å². The normalized spacial score (nSPS) is 15.5. The van der Waals surface area contributed by atoms with Crippen LogP contribution in [0.5, 0.6) is 5.88 Å². The van der Waals surface area contributed by atoms with E-state index in [0.717, 1.165) is 0 Å². The van der Waals surface area contributed by atoms with E-state index in [1.165, 1.54) is 29.3 Å². The number of hydrogen-bond acceptors (Lipinski definition) is 7. The third-order valence-electron chi connectivity index (χ3n) is 5.00. The lowest BCUT2D eigenvalue weighted by Gasteiger charge is -2.24. The molecule has 2 heterocycles. The Morgan fingerprint density at radius 3 is 2.74 bits per heavy atom. The highest BCUT2D eigenvalue weighted by atomic mass is 16.6. The minimum Gasteiger partial charge on any atom is -0.475 e. The number of rotatable bonds is 8. The van der Waals surface area contributed by atoms with Crippen LogP contribution in [0.1, 0.15) is 28.8 Å². The number of carbonyl (C=O) groups excluding carboxylic acids is 2. The van der Waals surface area contributed by atoms with Crippen molar-refractivity contribution in [3.05, 3.63) is 57.8 Å². The van der Waals surface area contributed by atoms with Crippen LogP contribution in [0.25, 0.3) is 0 Å². The molecule has 1 aromatic heterocycles. The first-order chi connectivity index (χ1) is 14.9. The van der Waals surface area contributed by atoms with E-state index >= 15 is 0 Å². The molecule has 1 aliphatic rings. The Balaban J connectivity index is 1.65. The average Bonchev–Trinajstić information content (AvgIpc) is 3.24. The van der Waals surface area contributed by atoms with Crippen LogP contribution in [-0.4, -0.2) is 59.5 Å². The second-order valence-electron chi connectivity index (χ2n) is 7.13. The van der Waals surface area contributed by atoms with E-state index < -0.39 is 11.0 Å². The fraction of sp³-hybridized carbons (Fsp3) is 0.381. The number of ether oxygens (including phenoxy) is 2. The second-order valence-corrected chi connectivity index (χ2v) is 7.13. The van der Waals surface area contributed by atoms with Gasteiger partial charge in [-0.3, -0.25) is 19.7 Å². The van der Waals surface area contributed by atoms with Crippen LogP contribution in [-0.2, 0) is 9.53 Å². The molecule has 0 aliphatic carbocycles. The van der Waals surface area contributed by atoms with Crippen molar-refractivity contribution in [2.75, 3.05) is 32.2 Å². The molecule has 2 aromatic rings. The smallest absolute Gasteiger partial charge is 0.272 e. The largest absolute Gasteiger partial charge is 0.475 e. The van der Waals surface area contributed by atoms with Gasteiger partial charge in [-0.25, -0.2) is 4.98 Å². The van der Waals surface area contributed by atoms with Gasteiger partial charge >= 0.3 is 0 Å². The third-order valence-corrected chi connectivity index (χ3v) is 5.00. The molecule has 10 heteroatoms. The quantitative estimate of drug-likeness (QED) is 0.389. The van der Waals surface area contributed by atoms with Gasteiger partial charge in [0.1, 0.15) is 12.6 Å². The number of nitro benzene ring substituents is 1. The molecule has 2 amide bonds. The van der Waals surface area contributed by atoms with E-state index in [-0.39, 0.29) is 17.5 Å². The SMILES string of the molecule is COCCOc1ccc(NC(=O)C2CCCN2C(=O)c2ccc([N+](=O)[O-])c(C)c2)cn1. The number of methoxy groups -OCH3 is 1. The van der Waals surface area contributed by atoms with E-state index in [9.17, 15) is 19.7 Å². The first-order valence-corrected chi connectivity index (χ1v) is 9.85. The summed E-state index contributed by atoms with van der Waals surface area (Å²) < 4.78 is 10.3. The summed E-state index contributed by atoms with van der Waals surface area (Å²) in [5.41, 5.74) is 1.17. The van der Waals surface area contributed by atoms with Gasteiger partial charge in [0.05, 0.1) is 23.4 Å². The van der Waals surface area contributed by atoms with Crippen molar-refractivity contribution in [1.29, 1.82) is 0 Å². The van der Waals surface area contributed by atoms with Crippen molar-refractivity contribution in [2.24, 2.45) is 0 Å². The van der Waals surface area contributed by atoms with Gasteiger partial charge in [-0.05, 0) is 38.0 Å². The summed E-state index contributed by atoms with van der Waals surface area (Å²) in [4.78, 5) is 41.9. The Kier molecular flexibility index (Phi) is 7.14. The Morgan fingerprint density at radius 1 is 1.29 bits per heavy atom. The molecule has 164 valence electrons. The monoisotopic (exact) mass is 428 g/mol. The first-order valence-electron chi connectivity index (χ1n) is 9.85. The van der Waals surface area contributed by atoms with Gasteiger partial charge in [-0.15, -0.1) is 0 Å². The van der Waals surface area contributed by atoms with E-state index in [4.69, 9.17) is 9.47 Å². The van der Waals surface area contributed by atoms with Gasteiger partial charge < -0.3 is 19.7 Å². The molecule has 0 spiro atoms. The van der Waals surface area contributed by atoms with Crippen molar-refractivity contribution in [2.45, 2.75) is 25.8 Å². The summed E-state index contributed by atoms with van der Waals surface area (Å²) in [6.45, 7) is 2.84. The minimum atomic E-state index is -0.624. The van der Waals surface area contributed by atoms with Crippen molar-refractivity contribution >= 4 is 23.2 Å². The number of pyridine rings is 1. The van der Waals surface area contributed by atoms with Gasteiger partial charge in [0.15, 0.2) is 0 Å². The Bertz CT molecular complexity index is 963. The zero-order chi connectivity index (χ0) is 22.4. The number of carbonyl (C=O) groups is 2. The van der Waals surface area contributed by atoms with Crippen LogP contribution in [0, 0.1) is 17.0 Å². The molecule has 1 atom stereocenters. The summed E-state index contributed by atoms with van der Waals surface area (Å²) >= 11 is 0. The molecule has 1 aromatic carbocycles. The maximum atomic E-state index is 13.0. The predicted molar refractivity (Wildman–Crippen MR) is 112 cm³/mol. The number of likely N-dealkylation sites (tertiary alicyclic amines) is 1. The zero-order valence-electron chi connectivity index (χ0n) is 17.4. The summed E-state index contributed by atoms with van der Waals surface area (Å²) in [7, 11) is 1.58.